The summed E-state index contributed by atoms with van der Waals surface area (Å²) < 4.78 is 1.64. The summed E-state index contributed by atoms with van der Waals surface area (Å²) in [5.74, 6) is 5.49. The molecule has 0 unspecified atom stereocenters. The summed E-state index contributed by atoms with van der Waals surface area (Å²) in [6, 6.07) is 1.51. The Morgan fingerprint density at radius 2 is 2.40 bits per heavy atom. The van der Waals surface area contributed by atoms with Gasteiger partial charge < -0.3 is 5.01 Å². The van der Waals surface area contributed by atoms with Crippen molar-refractivity contribution in [2.75, 3.05) is 7.05 Å². The van der Waals surface area contributed by atoms with Crippen LogP contribution in [0.4, 0.5) is 0 Å². The maximum atomic E-state index is 11.3. The molecule has 0 saturated heterocycles. The Hall–Kier alpha value is -1.62. The van der Waals surface area contributed by atoms with Gasteiger partial charge in [-0.05, 0) is 13.3 Å². The Morgan fingerprint density at radius 1 is 1.73 bits per heavy atom. The summed E-state index contributed by atoms with van der Waals surface area (Å²) in [4.78, 5) is 11.3. The van der Waals surface area contributed by atoms with Gasteiger partial charge in [0.25, 0.3) is 0 Å². The molecule has 0 atom stereocenters. The number of hydrazine groups is 1. The lowest BCUT2D eigenvalue weighted by atomic mass is 10.3. The molecule has 0 spiro atoms. The van der Waals surface area contributed by atoms with Crippen LogP contribution >= 0.6 is 0 Å². The maximum Gasteiger partial charge on any atom is 0.203 e. The molecule has 1 heterocycles. The van der Waals surface area contributed by atoms with Crippen molar-refractivity contribution in [2.24, 2.45) is 5.84 Å². The quantitative estimate of drug-likeness (QED) is 0.578. The van der Waals surface area contributed by atoms with Crippen molar-refractivity contribution in [1.82, 2.24) is 14.8 Å². The molecule has 1 aromatic rings. The van der Waals surface area contributed by atoms with Gasteiger partial charge in [-0.25, -0.2) is 10.5 Å². The molecule has 0 aliphatic heterocycles. The first kappa shape index (κ1) is 11.5. The lowest BCUT2D eigenvalue weighted by Crippen LogP contribution is -2.21. The predicted octanol–water partition coefficient (Wildman–Crippen LogP) is 0.429. The van der Waals surface area contributed by atoms with Crippen LogP contribution in [0, 0.1) is 0 Å². The lowest BCUT2D eigenvalue weighted by Gasteiger charge is -2.10. The first-order valence-electron chi connectivity index (χ1n) is 4.79. The van der Waals surface area contributed by atoms with Crippen LogP contribution in [0.25, 0.3) is 5.70 Å². The number of nitrogens with two attached hydrogens (primary N) is 1. The molecule has 82 valence electrons. The van der Waals surface area contributed by atoms with Gasteiger partial charge in [-0.1, -0.05) is 6.92 Å². The van der Waals surface area contributed by atoms with E-state index >= 15 is 0 Å². The normalized spacial score (nSPS) is 11.6. The van der Waals surface area contributed by atoms with Gasteiger partial charge in [-0.3, -0.25) is 4.79 Å². The minimum Gasteiger partial charge on any atom is -0.320 e. The second-order valence-corrected chi connectivity index (χ2v) is 3.36. The molecule has 15 heavy (non-hydrogen) atoms. The molecule has 1 rings (SSSR count). The van der Waals surface area contributed by atoms with E-state index in [1.165, 1.54) is 11.1 Å². The Morgan fingerprint density at radius 3 is 2.93 bits per heavy atom. The second-order valence-electron chi connectivity index (χ2n) is 3.36. The number of allylic oxidation sites excluding steroid dienone is 1. The summed E-state index contributed by atoms with van der Waals surface area (Å²) in [6.45, 7) is 3.78. The molecule has 0 bridgehead atoms. The molecule has 1 aromatic heterocycles. The molecule has 5 heteroatoms. The number of aromatic nitrogens is 2. The molecule has 0 saturated carbocycles. The second kappa shape index (κ2) is 4.75. The first-order valence-corrected chi connectivity index (χ1v) is 4.79. The van der Waals surface area contributed by atoms with E-state index in [-0.39, 0.29) is 5.43 Å². The number of aryl methyl sites for hydroxylation is 1. The Bertz CT molecular complexity index is 420. The molecule has 0 radical (unpaired) electrons. The van der Waals surface area contributed by atoms with Crippen molar-refractivity contribution in [2.45, 2.75) is 20.3 Å². The van der Waals surface area contributed by atoms with E-state index in [2.05, 4.69) is 5.10 Å². The molecular weight excluding hydrogens is 192 g/mol. The SMILES string of the molecule is CCc1nn(/C(C)=C/N(C)N)ccc1=O. The molecule has 0 aliphatic carbocycles. The minimum atomic E-state index is -0.0253. The van der Waals surface area contributed by atoms with Crippen molar-refractivity contribution in [3.63, 3.8) is 0 Å². The van der Waals surface area contributed by atoms with Gasteiger partial charge in [0.05, 0.1) is 5.70 Å². The number of nitrogens with zero attached hydrogens (tertiary/aromatic N) is 3. The fraction of sp³-hybridized carbons (Fsp3) is 0.400. The molecule has 0 aliphatic rings. The van der Waals surface area contributed by atoms with E-state index in [1.807, 2.05) is 13.8 Å². The van der Waals surface area contributed by atoms with Crippen molar-refractivity contribution >= 4 is 5.70 Å². The van der Waals surface area contributed by atoms with Gasteiger partial charge in [0, 0.05) is 25.5 Å². The average molecular weight is 208 g/mol. The molecule has 0 aromatic carbocycles. The smallest absolute Gasteiger partial charge is 0.203 e. The van der Waals surface area contributed by atoms with E-state index in [0.717, 1.165) is 5.70 Å². The average Bonchev–Trinajstić information content (AvgIpc) is 2.17. The number of hydrogen-bond donors (Lipinski definition) is 1. The molecular formula is C10H16N4O. The monoisotopic (exact) mass is 208 g/mol. The summed E-state index contributed by atoms with van der Waals surface area (Å²) >= 11 is 0. The fourth-order valence-electron chi connectivity index (χ4n) is 1.24. The summed E-state index contributed by atoms with van der Waals surface area (Å²) in [5, 5.41) is 5.64. The van der Waals surface area contributed by atoms with E-state index < -0.39 is 0 Å². The number of hydrogen-bond acceptors (Lipinski definition) is 4. The van der Waals surface area contributed by atoms with Crippen LogP contribution in [-0.2, 0) is 6.42 Å². The highest BCUT2D eigenvalue weighted by Crippen LogP contribution is 2.00. The Labute approximate surface area is 88.8 Å². The third-order valence-electron chi connectivity index (χ3n) is 1.97. The van der Waals surface area contributed by atoms with Crippen LogP contribution in [0.2, 0.25) is 0 Å². The van der Waals surface area contributed by atoms with Gasteiger partial charge >= 0.3 is 0 Å². The van der Waals surface area contributed by atoms with Crippen LogP contribution < -0.4 is 11.3 Å². The van der Waals surface area contributed by atoms with E-state index in [1.54, 1.807) is 24.1 Å². The van der Waals surface area contributed by atoms with Crippen LogP contribution in [-0.4, -0.2) is 21.8 Å². The Balaban J connectivity index is 3.11. The van der Waals surface area contributed by atoms with Crippen LogP contribution in [0.3, 0.4) is 0 Å². The highest BCUT2D eigenvalue weighted by molar-refractivity contribution is 5.39. The maximum absolute atomic E-state index is 11.3. The van der Waals surface area contributed by atoms with E-state index in [0.29, 0.717) is 12.1 Å². The van der Waals surface area contributed by atoms with Crippen LogP contribution in [0.1, 0.15) is 19.5 Å². The third kappa shape index (κ3) is 2.92. The lowest BCUT2D eigenvalue weighted by molar-refractivity contribution is 0.482. The largest absolute Gasteiger partial charge is 0.320 e. The zero-order chi connectivity index (χ0) is 11.4. The minimum absolute atomic E-state index is 0.0253. The summed E-state index contributed by atoms with van der Waals surface area (Å²) in [7, 11) is 1.73. The molecule has 0 amide bonds. The van der Waals surface area contributed by atoms with Gasteiger partial charge in [0.2, 0.25) is 5.43 Å². The van der Waals surface area contributed by atoms with E-state index in [4.69, 9.17) is 5.84 Å². The molecule has 2 N–H and O–H groups in total. The van der Waals surface area contributed by atoms with Crippen LogP contribution in [0.15, 0.2) is 23.3 Å². The van der Waals surface area contributed by atoms with Crippen molar-refractivity contribution in [1.29, 1.82) is 0 Å². The first-order chi connectivity index (χ1) is 7.04. The highest BCUT2D eigenvalue weighted by atomic mass is 16.1. The third-order valence-corrected chi connectivity index (χ3v) is 1.97. The topological polar surface area (TPSA) is 64.2 Å². The van der Waals surface area contributed by atoms with Gasteiger partial charge in [-0.2, -0.15) is 5.10 Å². The Kier molecular flexibility index (Phi) is 3.62. The summed E-state index contributed by atoms with van der Waals surface area (Å²) in [5.41, 5.74) is 1.39. The predicted molar refractivity (Wildman–Crippen MR) is 59.8 cm³/mol. The van der Waals surface area contributed by atoms with Gasteiger partial charge in [-0.15, -0.1) is 0 Å². The van der Waals surface area contributed by atoms with Crippen LogP contribution in [0.5, 0.6) is 0 Å². The van der Waals surface area contributed by atoms with Crippen molar-refractivity contribution in [3.8, 4) is 0 Å². The molecule has 5 nitrogen and oxygen atoms in total. The van der Waals surface area contributed by atoms with Gasteiger partial charge in [0.15, 0.2) is 0 Å². The van der Waals surface area contributed by atoms with Gasteiger partial charge in [0.1, 0.15) is 5.69 Å². The van der Waals surface area contributed by atoms with Crippen molar-refractivity contribution in [3.05, 3.63) is 34.4 Å². The summed E-state index contributed by atoms with van der Waals surface area (Å²) in [6.07, 6.45) is 4.00. The van der Waals surface area contributed by atoms with E-state index in [9.17, 15) is 4.79 Å². The molecule has 0 fully saturated rings. The zero-order valence-corrected chi connectivity index (χ0v) is 9.27. The highest BCUT2D eigenvalue weighted by Gasteiger charge is 2.00. The number of rotatable bonds is 3. The standard InChI is InChI=1S/C10H16N4O/c1-4-9-10(15)5-6-14(12-9)8(2)7-13(3)11/h5-7H,4,11H2,1-3H3/b8-7+. The van der Waals surface area contributed by atoms with Crippen molar-refractivity contribution < 1.29 is 0 Å². The fourth-order valence-corrected chi connectivity index (χ4v) is 1.24. The zero-order valence-electron chi connectivity index (χ0n) is 9.27.